The van der Waals surface area contributed by atoms with Crippen LogP contribution in [0, 0.1) is 6.92 Å². The van der Waals surface area contributed by atoms with E-state index in [9.17, 15) is 14.7 Å². The largest absolute Gasteiger partial charge is 0.496 e. The summed E-state index contributed by atoms with van der Waals surface area (Å²) in [4.78, 5) is 33.0. The van der Waals surface area contributed by atoms with Crippen molar-refractivity contribution in [2.45, 2.75) is 6.92 Å². The van der Waals surface area contributed by atoms with Gasteiger partial charge in [0.25, 0.3) is 11.8 Å². The third kappa shape index (κ3) is 4.19. The second kappa shape index (κ2) is 9.64. The Kier molecular flexibility index (Phi) is 6.67. The average molecular weight is 452 g/mol. The number of carbonyl (C=O) groups is 2. The van der Waals surface area contributed by atoms with Crippen LogP contribution in [0.5, 0.6) is 11.5 Å². The molecule has 33 heavy (non-hydrogen) atoms. The van der Waals surface area contributed by atoms with Crippen LogP contribution in [0.1, 0.15) is 11.1 Å². The standard InChI is InChI=1S/C25H29N3O5/c1-17-8-9-21(33-3)19(16-17)28-24(30)22(18-6-4-5-7-20(18)32-2)23(25(28)31)27-12-10-26(11-13-27)14-15-29/h4-9,16,29H,10-15H2,1-3H3. The normalized spacial score (nSPS) is 17.2. The molecule has 174 valence electrons. The molecule has 2 amide bonds. The van der Waals surface area contributed by atoms with E-state index in [1.54, 1.807) is 31.4 Å². The number of aliphatic hydroxyl groups is 1. The van der Waals surface area contributed by atoms with Gasteiger partial charge in [-0.3, -0.25) is 14.5 Å². The van der Waals surface area contributed by atoms with Gasteiger partial charge in [0.15, 0.2) is 0 Å². The van der Waals surface area contributed by atoms with Crippen molar-refractivity contribution in [1.82, 2.24) is 9.80 Å². The summed E-state index contributed by atoms with van der Waals surface area (Å²) in [6.45, 7) is 5.12. The summed E-state index contributed by atoms with van der Waals surface area (Å²) in [6.07, 6.45) is 0. The van der Waals surface area contributed by atoms with Crippen LogP contribution in [-0.2, 0) is 9.59 Å². The minimum absolute atomic E-state index is 0.0908. The van der Waals surface area contributed by atoms with Crippen LogP contribution in [0.3, 0.4) is 0 Å². The van der Waals surface area contributed by atoms with E-state index in [-0.39, 0.29) is 12.5 Å². The number of β-amino-alcohol motifs (C(OH)–C–C–N with tert-alkyl or cyclic N) is 1. The fraction of sp³-hybridized carbons (Fsp3) is 0.360. The van der Waals surface area contributed by atoms with Crippen LogP contribution >= 0.6 is 0 Å². The highest BCUT2D eigenvalue weighted by molar-refractivity contribution is 6.46. The molecule has 0 aromatic heterocycles. The molecular formula is C25H29N3O5. The molecule has 1 N–H and O–H groups in total. The molecule has 8 heteroatoms. The van der Waals surface area contributed by atoms with Crippen LogP contribution in [-0.4, -0.2) is 80.3 Å². The number of hydrogen-bond donors (Lipinski definition) is 1. The van der Waals surface area contributed by atoms with E-state index in [4.69, 9.17) is 9.47 Å². The van der Waals surface area contributed by atoms with Crippen molar-refractivity contribution in [3.8, 4) is 11.5 Å². The van der Waals surface area contributed by atoms with Gasteiger partial charge >= 0.3 is 0 Å². The molecule has 2 aliphatic rings. The van der Waals surface area contributed by atoms with E-state index in [1.807, 2.05) is 30.0 Å². The molecule has 0 atom stereocenters. The first kappa shape index (κ1) is 22.8. The summed E-state index contributed by atoms with van der Waals surface area (Å²) in [5.41, 5.74) is 2.62. The van der Waals surface area contributed by atoms with Gasteiger partial charge < -0.3 is 19.5 Å². The van der Waals surface area contributed by atoms with Crippen molar-refractivity contribution in [2.24, 2.45) is 0 Å². The number of hydrogen-bond acceptors (Lipinski definition) is 7. The van der Waals surface area contributed by atoms with Gasteiger partial charge in [0.05, 0.1) is 32.1 Å². The molecule has 2 aromatic carbocycles. The molecule has 1 saturated heterocycles. The quantitative estimate of drug-likeness (QED) is 0.644. The zero-order chi connectivity index (χ0) is 23.5. The predicted octanol–water partition coefficient (Wildman–Crippen LogP) is 1.91. The lowest BCUT2D eigenvalue weighted by Crippen LogP contribution is -2.48. The smallest absolute Gasteiger partial charge is 0.282 e. The lowest BCUT2D eigenvalue weighted by molar-refractivity contribution is -0.120. The second-order valence-corrected chi connectivity index (χ2v) is 8.10. The fourth-order valence-corrected chi connectivity index (χ4v) is 4.44. The van der Waals surface area contributed by atoms with Gasteiger partial charge in [-0.05, 0) is 30.7 Å². The maximum Gasteiger partial charge on any atom is 0.282 e. The van der Waals surface area contributed by atoms with Crippen molar-refractivity contribution in [3.05, 3.63) is 59.3 Å². The van der Waals surface area contributed by atoms with E-state index in [2.05, 4.69) is 4.90 Å². The van der Waals surface area contributed by atoms with Crippen molar-refractivity contribution in [1.29, 1.82) is 0 Å². The van der Waals surface area contributed by atoms with Crippen molar-refractivity contribution in [3.63, 3.8) is 0 Å². The van der Waals surface area contributed by atoms with Crippen molar-refractivity contribution < 1.29 is 24.2 Å². The lowest BCUT2D eigenvalue weighted by Gasteiger charge is -2.36. The van der Waals surface area contributed by atoms with Crippen LogP contribution in [0.4, 0.5) is 5.69 Å². The Bertz CT molecular complexity index is 1090. The first-order valence-corrected chi connectivity index (χ1v) is 11.0. The van der Waals surface area contributed by atoms with Gasteiger partial charge in [0, 0.05) is 38.3 Å². The number of methoxy groups -OCH3 is 2. The SMILES string of the molecule is COc1ccccc1C1=C(N2CCN(CCO)CC2)C(=O)N(c2cc(C)ccc2OC)C1=O. The number of imide groups is 1. The molecule has 0 aliphatic carbocycles. The number of nitrogens with zero attached hydrogens (tertiary/aromatic N) is 3. The van der Waals surface area contributed by atoms with Crippen molar-refractivity contribution in [2.75, 3.05) is 58.5 Å². The van der Waals surface area contributed by atoms with Gasteiger partial charge in [0.2, 0.25) is 0 Å². The highest BCUT2D eigenvalue weighted by Crippen LogP contribution is 2.41. The molecular weight excluding hydrogens is 422 g/mol. The highest BCUT2D eigenvalue weighted by Gasteiger charge is 2.44. The van der Waals surface area contributed by atoms with Gasteiger partial charge in [0.1, 0.15) is 17.2 Å². The molecule has 4 rings (SSSR count). The molecule has 2 aliphatic heterocycles. The zero-order valence-electron chi connectivity index (χ0n) is 19.2. The topological polar surface area (TPSA) is 82.6 Å². The Morgan fingerprint density at radius 3 is 2.27 bits per heavy atom. The number of amides is 2. The second-order valence-electron chi connectivity index (χ2n) is 8.10. The lowest BCUT2D eigenvalue weighted by atomic mass is 10.0. The van der Waals surface area contributed by atoms with Crippen LogP contribution < -0.4 is 14.4 Å². The van der Waals surface area contributed by atoms with Gasteiger partial charge in [-0.1, -0.05) is 24.3 Å². The summed E-state index contributed by atoms with van der Waals surface area (Å²) in [7, 11) is 3.07. The number of aliphatic hydroxyl groups excluding tert-OH is 1. The number of rotatable bonds is 7. The van der Waals surface area contributed by atoms with E-state index in [1.165, 1.54) is 12.0 Å². The maximum atomic E-state index is 13.9. The maximum absolute atomic E-state index is 13.9. The number of piperazine rings is 1. The van der Waals surface area contributed by atoms with Gasteiger partial charge in [-0.25, -0.2) is 4.90 Å². The third-order valence-corrected chi connectivity index (χ3v) is 6.12. The first-order chi connectivity index (χ1) is 16.0. The molecule has 0 spiro atoms. The van der Waals surface area contributed by atoms with Crippen LogP contribution in [0.2, 0.25) is 0 Å². The highest BCUT2D eigenvalue weighted by atomic mass is 16.5. The number of ether oxygens (including phenoxy) is 2. The summed E-state index contributed by atoms with van der Waals surface area (Å²) in [5, 5.41) is 9.26. The van der Waals surface area contributed by atoms with E-state index in [0.29, 0.717) is 66.7 Å². The van der Waals surface area contributed by atoms with E-state index >= 15 is 0 Å². The average Bonchev–Trinajstić information content (AvgIpc) is 3.09. The summed E-state index contributed by atoms with van der Waals surface area (Å²) >= 11 is 0. The Morgan fingerprint density at radius 1 is 0.909 bits per heavy atom. The zero-order valence-corrected chi connectivity index (χ0v) is 19.2. The minimum Gasteiger partial charge on any atom is -0.496 e. The van der Waals surface area contributed by atoms with E-state index < -0.39 is 5.91 Å². The Balaban J connectivity index is 1.82. The van der Waals surface area contributed by atoms with Gasteiger partial charge in [-0.2, -0.15) is 0 Å². The molecule has 0 bridgehead atoms. The number of para-hydroxylation sites is 1. The molecule has 0 radical (unpaired) electrons. The monoisotopic (exact) mass is 451 g/mol. The molecule has 2 aromatic rings. The molecule has 0 saturated carbocycles. The summed E-state index contributed by atoms with van der Waals surface area (Å²) < 4.78 is 11.0. The Labute approximate surface area is 193 Å². The fourth-order valence-electron chi connectivity index (χ4n) is 4.44. The molecule has 0 unspecified atom stereocenters. The van der Waals surface area contributed by atoms with Gasteiger partial charge in [-0.15, -0.1) is 0 Å². The van der Waals surface area contributed by atoms with Crippen molar-refractivity contribution >= 4 is 23.1 Å². The van der Waals surface area contributed by atoms with E-state index in [0.717, 1.165) is 5.56 Å². The number of carbonyl (C=O) groups excluding carboxylic acids is 2. The molecule has 2 heterocycles. The van der Waals surface area contributed by atoms with Crippen LogP contribution in [0.25, 0.3) is 5.57 Å². The minimum atomic E-state index is -0.402. The van der Waals surface area contributed by atoms with Crippen LogP contribution in [0.15, 0.2) is 48.2 Å². The Morgan fingerprint density at radius 2 is 1.61 bits per heavy atom. The molecule has 8 nitrogen and oxygen atoms in total. The number of anilines is 1. The predicted molar refractivity (Wildman–Crippen MR) is 125 cm³/mol. The third-order valence-electron chi connectivity index (χ3n) is 6.12. The summed E-state index contributed by atoms with van der Waals surface area (Å²) in [5.74, 6) is 0.209. The number of benzene rings is 2. The first-order valence-electron chi connectivity index (χ1n) is 11.0. The number of aryl methyl sites for hydroxylation is 1. The molecule has 1 fully saturated rings. The summed E-state index contributed by atoms with van der Waals surface area (Å²) in [6, 6.07) is 12.7. The Hall–Kier alpha value is -3.36.